The summed E-state index contributed by atoms with van der Waals surface area (Å²) in [6, 6.07) is 0. The molecule has 0 spiro atoms. The molecule has 1 amide bonds. The first kappa shape index (κ1) is 10.8. The van der Waals surface area contributed by atoms with Crippen LogP contribution in [0.2, 0.25) is 0 Å². The van der Waals surface area contributed by atoms with Gasteiger partial charge in [-0.2, -0.15) is 12.6 Å². The summed E-state index contributed by atoms with van der Waals surface area (Å²) in [6.07, 6.45) is 0.513. The number of thiol groups is 1. The van der Waals surface area contributed by atoms with Crippen molar-refractivity contribution in [1.29, 1.82) is 0 Å². The number of hydrogen-bond donors (Lipinski definition) is 2. The third-order valence-electron chi connectivity index (χ3n) is 1.15. The Balaban J connectivity index is 3.46. The summed E-state index contributed by atoms with van der Waals surface area (Å²) in [7, 11) is 0. The molecule has 0 saturated heterocycles. The van der Waals surface area contributed by atoms with Crippen LogP contribution in [-0.2, 0) is 4.79 Å². The number of carbonyl (C=O) groups excluding carboxylic acids is 1. The van der Waals surface area contributed by atoms with E-state index in [2.05, 4.69) is 38.7 Å². The van der Waals surface area contributed by atoms with Crippen molar-refractivity contribution < 1.29 is 4.79 Å². The van der Waals surface area contributed by atoms with E-state index in [4.69, 9.17) is 0 Å². The number of nitrogens with one attached hydrogen (secondary N) is 1. The van der Waals surface area contributed by atoms with Gasteiger partial charge in [-0.15, -0.1) is 0 Å². The van der Waals surface area contributed by atoms with Gasteiger partial charge in [0.2, 0.25) is 5.91 Å². The molecule has 0 radical (unpaired) electrons. The van der Waals surface area contributed by atoms with Crippen molar-refractivity contribution in [3.63, 3.8) is 0 Å². The topological polar surface area (TPSA) is 29.1 Å². The molecule has 0 heterocycles. The van der Waals surface area contributed by atoms with Gasteiger partial charge in [-0.05, 0) is 11.2 Å². The van der Waals surface area contributed by atoms with Crippen LogP contribution in [0.15, 0.2) is 0 Å². The molecule has 0 rings (SSSR count). The second-order valence-electron chi connectivity index (χ2n) is 3.81. The van der Waals surface area contributed by atoms with E-state index in [9.17, 15) is 4.79 Å². The highest BCUT2D eigenvalue weighted by Gasteiger charge is 2.10. The number of amides is 1. The Bertz CT molecular complexity index is 129. The van der Waals surface area contributed by atoms with E-state index >= 15 is 0 Å². The van der Waals surface area contributed by atoms with Gasteiger partial charge in [0.05, 0.1) is 0 Å². The minimum atomic E-state index is 0.0925. The average molecular weight is 175 g/mol. The number of carbonyl (C=O) groups is 1. The maximum Gasteiger partial charge on any atom is 0.220 e. The molecule has 1 N–H and O–H groups in total. The lowest BCUT2D eigenvalue weighted by Crippen LogP contribution is -2.32. The summed E-state index contributed by atoms with van der Waals surface area (Å²) in [5.41, 5.74) is 0.173. The Hall–Kier alpha value is -0.180. The normalized spacial score (nSPS) is 11.3. The second-order valence-corrected chi connectivity index (χ2v) is 4.26. The number of rotatable bonds is 3. The minimum absolute atomic E-state index is 0.0925. The molecule has 0 aromatic heterocycles. The average Bonchev–Trinajstić information content (AvgIpc) is 1.83. The molecule has 0 aromatic rings. The van der Waals surface area contributed by atoms with Crippen LogP contribution in [0.4, 0.5) is 0 Å². The largest absolute Gasteiger partial charge is 0.356 e. The van der Waals surface area contributed by atoms with E-state index in [1.165, 1.54) is 0 Å². The molecule has 0 aliphatic heterocycles. The summed E-state index contributed by atoms with van der Waals surface area (Å²) in [5, 5.41) is 2.84. The fourth-order valence-electron chi connectivity index (χ4n) is 0.554. The highest BCUT2D eigenvalue weighted by molar-refractivity contribution is 7.80. The third-order valence-corrected chi connectivity index (χ3v) is 1.38. The molecule has 0 bridgehead atoms. The van der Waals surface area contributed by atoms with E-state index < -0.39 is 0 Å². The predicted octanol–water partition coefficient (Wildman–Crippen LogP) is 1.47. The van der Waals surface area contributed by atoms with Crippen LogP contribution in [0.5, 0.6) is 0 Å². The molecule has 66 valence electrons. The Morgan fingerprint density at radius 2 is 2.00 bits per heavy atom. The smallest absolute Gasteiger partial charge is 0.220 e. The molecule has 0 aliphatic rings. The van der Waals surface area contributed by atoms with Gasteiger partial charge < -0.3 is 5.32 Å². The first-order valence-electron chi connectivity index (χ1n) is 3.83. The van der Waals surface area contributed by atoms with Crippen LogP contribution in [0.25, 0.3) is 0 Å². The van der Waals surface area contributed by atoms with Crippen LogP contribution in [0.1, 0.15) is 27.2 Å². The van der Waals surface area contributed by atoms with Gasteiger partial charge in [-0.3, -0.25) is 4.79 Å². The lowest BCUT2D eigenvalue weighted by molar-refractivity contribution is -0.121. The van der Waals surface area contributed by atoms with E-state index in [0.717, 1.165) is 6.54 Å². The standard InChI is InChI=1S/C8H17NOS/c1-8(2,3)6-9-7(10)4-5-11/h11H,4-6H2,1-3H3,(H,9,10). The molecule has 0 atom stereocenters. The molecule has 0 aromatic carbocycles. The van der Waals surface area contributed by atoms with Crippen molar-refractivity contribution in [3.8, 4) is 0 Å². The van der Waals surface area contributed by atoms with Gasteiger partial charge in [-0.1, -0.05) is 20.8 Å². The predicted molar refractivity (Wildman–Crippen MR) is 50.9 cm³/mol. The molecular formula is C8H17NOS. The van der Waals surface area contributed by atoms with E-state index in [-0.39, 0.29) is 11.3 Å². The number of hydrogen-bond acceptors (Lipinski definition) is 2. The molecule has 0 unspecified atom stereocenters. The Morgan fingerprint density at radius 3 is 2.36 bits per heavy atom. The lowest BCUT2D eigenvalue weighted by atomic mass is 9.97. The van der Waals surface area contributed by atoms with E-state index in [1.807, 2.05) is 0 Å². The van der Waals surface area contributed by atoms with Crippen molar-refractivity contribution in [2.75, 3.05) is 12.3 Å². The summed E-state index contributed by atoms with van der Waals surface area (Å²) >= 11 is 3.96. The fourth-order valence-corrected chi connectivity index (χ4v) is 0.757. The summed E-state index contributed by atoms with van der Waals surface area (Å²) in [4.78, 5) is 10.9. The second kappa shape index (κ2) is 4.65. The monoisotopic (exact) mass is 175 g/mol. The van der Waals surface area contributed by atoms with Crippen molar-refractivity contribution in [2.45, 2.75) is 27.2 Å². The first-order chi connectivity index (χ1) is 4.95. The van der Waals surface area contributed by atoms with Crippen LogP contribution in [0.3, 0.4) is 0 Å². The Kier molecular flexibility index (Phi) is 4.57. The zero-order valence-corrected chi connectivity index (χ0v) is 8.37. The molecule has 11 heavy (non-hydrogen) atoms. The maximum atomic E-state index is 10.9. The fraction of sp³-hybridized carbons (Fsp3) is 0.875. The minimum Gasteiger partial charge on any atom is -0.356 e. The van der Waals surface area contributed by atoms with E-state index in [1.54, 1.807) is 0 Å². The molecular weight excluding hydrogens is 158 g/mol. The van der Waals surface area contributed by atoms with Gasteiger partial charge >= 0.3 is 0 Å². The molecule has 0 saturated carbocycles. The lowest BCUT2D eigenvalue weighted by Gasteiger charge is -2.18. The highest BCUT2D eigenvalue weighted by Crippen LogP contribution is 2.10. The Morgan fingerprint density at radius 1 is 1.45 bits per heavy atom. The van der Waals surface area contributed by atoms with Crippen molar-refractivity contribution >= 4 is 18.5 Å². The molecule has 0 aliphatic carbocycles. The van der Waals surface area contributed by atoms with Crippen molar-refractivity contribution in [3.05, 3.63) is 0 Å². The van der Waals surface area contributed by atoms with Crippen LogP contribution >= 0.6 is 12.6 Å². The van der Waals surface area contributed by atoms with Crippen LogP contribution in [0, 0.1) is 5.41 Å². The summed E-state index contributed by atoms with van der Waals surface area (Å²) in [6.45, 7) is 7.01. The molecule has 0 fully saturated rings. The van der Waals surface area contributed by atoms with Gasteiger partial charge in [0, 0.05) is 13.0 Å². The zero-order chi connectivity index (χ0) is 8.91. The quantitative estimate of drug-likeness (QED) is 0.625. The van der Waals surface area contributed by atoms with Crippen molar-refractivity contribution in [2.24, 2.45) is 5.41 Å². The molecule has 2 nitrogen and oxygen atoms in total. The van der Waals surface area contributed by atoms with Crippen LogP contribution < -0.4 is 5.32 Å². The van der Waals surface area contributed by atoms with Crippen LogP contribution in [-0.4, -0.2) is 18.2 Å². The SMILES string of the molecule is CC(C)(C)CNC(=O)CCS. The first-order valence-corrected chi connectivity index (χ1v) is 4.46. The zero-order valence-electron chi connectivity index (χ0n) is 7.48. The van der Waals surface area contributed by atoms with Gasteiger partial charge in [-0.25, -0.2) is 0 Å². The Labute approximate surface area is 74.2 Å². The third kappa shape index (κ3) is 7.72. The van der Waals surface area contributed by atoms with Crippen molar-refractivity contribution in [1.82, 2.24) is 5.32 Å². The van der Waals surface area contributed by atoms with Gasteiger partial charge in [0.15, 0.2) is 0 Å². The van der Waals surface area contributed by atoms with Gasteiger partial charge in [0.1, 0.15) is 0 Å². The summed E-state index contributed by atoms with van der Waals surface area (Å²) < 4.78 is 0. The van der Waals surface area contributed by atoms with E-state index in [0.29, 0.717) is 12.2 Å². The molecule has 3 heteroatoms. The van der Waals surface area contributed by atoms with Gasteiger partial charge in [0.25, 0.3) is 0 Å². The highest BCUT2D eigenvalue weighted by atomic mass is 32.1. The maximum absolute atomic E-state index is 10.9. The summed E-state index contributed by atoms with van der Waals surface area (Å²) in [5.74, 6) is 0.714.